The molecule has 0 spiro atoms. The van der Waals surface area contributed by atoms with E-state index in [1.807, 2.05) is 6.07 Å². The Labute approximate surface area is 225 Å². The number of carbonyl (C=O) groups is 2. The van der Waals surface area contributed by atoms with Gasteiger partial charge in [-0.2, -0.15) is 4.68 Å². The van der Waals surface area contributed by atoms with Crippen molar-refractivity contribution in [2.24, 2.45) is 0 Å². The van der Waals surface area contributed by atoms with E-state index in [1.165, 1.54) is 35.3 Å². The van der Waals surface area contributed by atoms with Gasteiger partial charge in [-0.25, -0.2) is 0 Å². The molecule has 200 valence electrons. The second kappa shape index (κ2) is 12.2. The van der Waals surface area contributed by atoms with Crippen LogP contribution < -0.4 is 15.4 Å². The number of hydrogen-bond donors (Lipinski definition) is 2. The molecular weight excluding hydrogens is 537 g/mol. The van der Waals surface area contributed by atoms with Gasteiger partial charge in [0.2, 0.25) is 11.8 Å². The summed E-state index contributed by atoms with van der Waals surface area (Å²) in [5, 5.41) is 16.8. The van der Waals surface area contributed by atoms with Crippen molar-refractivity contribution in [3.63, 3.8) is 0 Å². The molecular formula is C26H20ClF3N6O3. The normalized spacial score (nSPS) is 12.2. The minimum Gasteiger partial charge on any atom is -0.406 e. The fraction of sp³-hybridized carbons (Fsp3) is 0.115. The Morgan fingerprint density at radius 2 is 1.79 bits per heavy atom. The molecule has 1 heterocycles. The Bertz CT molecular complexity index is 1450. The molecule has 3 aromatic carbocycles. The first-order valence-corrected chi connectivity index (χ1v) is 11.8. The maximum absolute atomic E-state index is 13.1. The molecule has 0 fully saturated rings. The quantitative estimate of drug-likeness (QED) is 0.292. The number of anilines is 1. The minimum atomic E-state index is -4.83. The van der Waals surface area contributed by atoms with E-state index < -0.39 is 30.0 Å². The fourth-order valence-electron chi connectivity index (χ4n) is 3.55. The number of ether oxygens (including phenoxy) is 1. The average molecular weight is 557 g/mol. The third-order valence-electron chi connectivity index (χ3n) is 5.27. The van der Waals surface area contributed by atoms with Crippen LogP contribution in [-0.2, 0) is 16.0 Å². The maximum Gasteiger partial charge on any atom is 0.573 e. The molecule has 2 amide bonds. The molecule has 0 saturated carbocycles. The van der Waals surface area contributed by atoms with E-state index in [0.717, 1.165) is 17.7 Å². The molecule has 39 heavy (non-hydrogen) atoms. The minimum absolute atomic E-state index is 0.161. The lowest BCUT2D eigenvalue weighted by Gasteiger charge is -2.18. The Hall–Kier alpha value is -4.71. The van der Waals surface area contributed by atoms with Crippen molar-refractivity contribution in [2.45, 2.75) is 18.8 Å². The van der Waals surface area contributed by atoms with Crippen LogP contribution in [0.4, 0.5) is 18.9 Å². The van der Waals surface area contributed by atoms with E-state index >= 15 is 0 Å². The van der Waals surface area contributed by atoms with Gasteiger partial charge in [-0.15, -0.1) is 18.3 Å². The van der Waals surface area contributed by atoms with Crippen molar-refractivity contribution in [3.8, 4) is 11.4 Å². The third kappa shape index (κ3) is 8.14. The van der Waals surface area contributed by atoms with Crippen LogP contribution in [0.15, 0.2) is 85.2 Å². The third-order valence-corrected chi connectivity index (χ3v) is 5.51. The lowest BCUT2D eigenvalue weighted by Crippen LogP contribution is -2.44. The Kier molecular flexibility index (Phi) is 8.56. The first-order chi connectivity index (χ1) is 18.7. The average Bonchev–Trinajstić information content (AvgIpc) is 3.43. The van der Waals surface area contributed by atoms with Crippen molar-refractivity contribution in [1.29, 1.82) is 0 Å². The number of nitrogens with one attached hydrogen (secondary N) is 2. The number of amides is 2. The zero-order valence-corrected chi connectivity index (χ0v) is 20.7. The monoisotopic (exact) mass is 556 g/mol. The van der Waals surface area contributed by atoms with E-state index in [0.29, 0.717) is 16.3 Å². The van der Waals surface area contributed by atoms with Crippen molar-refractivity contribution >= 4 is 35.2 Å². The van der Waals surface area contributed by atoms with Crippen molar-refractivity contribution in [3.05, 3.63) is 101 Å². The van der Waals surface area contributed by atoms with Gasteiger partial charge in [0.05, 0.1) is 5.69 Å². The second-order valence-electron chi connectivity index (χ2n) is 8.10. The van der Waals surface area contributed by atoms with Crippen LogP contribution in [0.3, 0.4) is 0 Å². The van der Waals surface area contributed by atoms with Gasteiger partial charge in [0, 0.05) is 28.8 Å². The largest absolute Gasteiger partial charge is 0.573 e. The molecule has 4 rings (SSSR count). The smallest absolute Gasteiger partial charge is 0.406 e. The van der Waals surface area contributed by atoms with Crippen LogP contribution in [0.25, 0.3) is 11.8 Å². The highest BCUT2D eigenvalue weighted by atomic mass is 35.5. The van der Waals surface area contributed by atoms with Crippen molar-refractivity contribution < 1.29 is 27.5 Å². The predicted molar refractivity (Wildman–Crippen MR) is 137 cm³/mol. The predicted octanol–water partition coefficient (Wildman–Crippen LogP) is 4.59. The molecule has 0 bridgehead atoms. The molecule has 0 saturated heterocycles. The summed E-state index contributed by atoms with van der Waals surface area (Å²) in [5.41, 5.74) is 2.13. The highest BCUT2D eigenvalue weighted by Gasteiger charge is 2.31. The van der Waals surface area contributed by atoms with E-state index in [-0.39, 0.29) is 12.1 Å². The summed E-state index contributed by atoms with van der Waals surface area (Å²) in [5.74, 6) is -1.56. The van der Waals surface area contributed by atoms with Crippen LogP contribution >= 0.6 is 11.6 Å². The lowest BCUT2D eigenvalue weighted by atomic mass is 10.0. The molecule has 4 aromatic rings. The molecule has 0 unspecified atom stereocenters. The van der Waals surface area contributed by atoms with Gasteiger partial charge < -0.3 is 15.4 Å². The van der Waals surface area contributed by atoms with E-state index in [1.54, 1.807) is 42.5 Å². The van der Waals surface area contributed by atoms with Gasteiger partial charge in [0.25, 0.3) is 0 Å². The van der Waals surface area contributed by atoms with Crippen LogP contribution in [0.2, 0.25) is 5.02 Å². The molecule has 0 aliphatic heterocycles. The van der Waals surface area contributed by atoms with Gasteiger partial charge in [-0.3, -0.25) is 9.59 Å². The highest BCUT2D eigenvalue weighted by Crippen LogP contribution is 2.24. The first-order valence-electron chi connectivity index (χ1n) is 11.4. The summed E-state index contributed by atoms with van der Waals surface area (Å²) in [4.78, 5) is 25.9. The number of benzene rings is 3. The van der Waals surface area contributed by atoms with E-state index in [9.17, 15) is 22.8 Å². The topological polar surface area (TPSA) is 111 Å². The fourth-order valence-corrected chi connectivity index (χ4v) is 3.73. The summed E-state index contributed by atoms with van der Waals surface area (Å²) >= 11 is 6.12. The van der Waals surface area contributed by atoms with Gasteiger partial charge in [0.15, 0.2) is 0 Å². The first kappa shape index (κ1) is 27.3. The Balaban J connectivity index is 1.49. The highest BCUT2D eigenvalue weighted by molar-refractivity contribution is 6.30. The van der Waals surface area contributed by atoms with Gasteiger partial charge in [0.1, 0.15) is 18.1 Å². The van der Waals surface area contributed by atoms with Crippen molar-refractivity contribution in [2.75, 3.05) is 5.32 Å². The van der Waals surface area contributed by atoms with Crippen molar-refractivity contribution in [1.82, 2.24) is 25.5 Å². The molecule has 2 N–H and O–H groups in total. The molecule has 0 aliphatic rings. The maximum atomic E-state index is 13.1. The zero-order valence-electron chi connectivity index (χ0n) is 20.0. The second-order valence-corrected chi connectivity index (χ2v) is 8.54. The number of carbonyl (C=O) groups excluding carboxylic acids is 2. The summed E-state index contributed by atoms with van der Waals surface area (Å²) in [6, 6.07) is 17.6. The number of tetrazole rings is 1. The molecule has 1 aromatic heterocycles. The summed E-state index contributed by atoms with van der Waals surface area (Å²) in [6.07, 6.45) is -0.526. The number of alkyl halides is 3. The van der Waals surface area contributed by atoms with Crippen LogP contribution in [0.5, 0.6) is 5.75 Å². The van der Waals surface area contributed by atoms with E-state index in [4.69, 9.17) is 11.6 Å². The molecule has 9 nitrogen and oxygen atoms in total. The molecule has 0 radical (unpaired) electrons. The van der Waals surface area contributed by atoms with Gasteiger partial charge >= 0.3 is 6.36 Å². The summed E-state index contributed by atoms with van der Waals surface area (Å²) in [7, 11) is 0. The Morgan fingerprint density at radius 1 is 1.05 bits per heavy atom. The summed E-state index contributed by atoms with van der Waals surface area (Å²) in [6.45, 7) is 0. The molecule has 0 aliphatic carbocycles. The van der Waals surface area contributed by atoms with Crippen LogP contribution in [-0.4, -0.2) is 44.4 Å². The van der Waals surface area contributed by atoms with Crippen LogP contribution in [0.1, 0.15) is 11.1 Å². The number of rotatable bonds is 9. The molecule has 1 atom stereocenters. The van der Waals surface area contributed by atoms with Gasteiger partial charge in [-0.05, 0) is 64.5 Å². The van der Waals surface area contributed by atoms with Crippen LogP contribution in [0, 0.1) is 0 Å². The SMILES string of the molecule is O=C(C=Cc1cc(Cl)ccc1-n1cnnn1)N[C@@H](Cc1ccccc1)C(=O)Nc1ccc(OC(F)(F)F)cc1. The summed E-state index contributed by atoms with van der Waals surface area (Å²) < 4.78 is 42.5. The Morgan fingerprint density at radius 3 is 2.46 bits per heavy atom. The number of hydrogen-bond acceptors (Lipinski definition) is 6. The van der Waals surface area contributed by atoms with E-state index in [2.05, 4.69) is 30.9 Å². The standard InChI is InChI=1S/C26H20ClF3N6O3/c27-19-7-12-23(36-16-31-34-35-36)18(15-19)6-13-24(37)33-22(14-17-4-2-1-3-5-17)25(38)32-20-8-10-21(11-9-20)39-26(28,29)30/h1-13,15-16,22H,14H2,(H,32,38)(H,33,37)/t22-/m0/s1. The van der Waals surface area contributed by atoms with Gasteiger partial charge in [-0.1, -0.05) is 41.9 Å². The molecule has 13 heteroatoms. The number of halogens is 4. The number of nitrogens with zero attached hydrogens (tertiary/aromatic N) is 4. The number of aromatic nitrogens is 4. The lowest BCUT2D eigenvalue weighted by molar-refractivity contribution is -0.274. The zero-order chi connectivity index (χ0) is 27.8.